The maximum Gasteiger partial charge on any atom is 1.00 e. The van der Waals surface area contributed by atoms with Crippen LogP contribution in [0.5, 0.6) is 0 Å². The second-order valence-electron chi connectivity index (χ2n) is 0.894. The number of nitrogens with zero attached hydrogens (tertiary/aromatic N) is 2. The minimum absolute atomic E-state index is 0. The molecule has 0 aliphatic heterocycles. The first kappa shape index (κ1) is 22.9. The van der Waals surface area contributed by atoms with Gasteiger partial charge < -0.3 is 10.6 Å². The van der Waals surface area contributed by atoms with Gasteiger partial charge in [0.1, 0.15) is 0 Å². The molecule has 0 rings (SSSR count). The molecule has 2 nitrogen and oxygen atoms in total. The fourth-order valence-corrected chi connectivity index (χ4v) is 0. The van der Waals surface area contributed by atoms with Crippen molar-refractivity contribution in [2.24, 2.45) is 0 Å². The van der Waals surface area contributed by atoms with Crippen molar-refractivity contribution < 1.29 is 37.7 Å². The predicted octanol–water partition coefficient (Wildman–Crippen LogP) is -4.75. The molecule has 0 unspecified atom stereocenters. The zero-order chi connectivity index (χ0) is 5.41. The minimum Gasteiger partial charge on any atom is -0.668 e. The monoisotopic (exact) mass is 102 g/mol. The van der Waals surface area contributed by atoms with Gasteiger partial charge in [0.15, 0.2) is 0 Å². The molecule has 0 saturated heterocycles. The summed E-state index contributed by atoms with van der Waals surface area (Å²) < 4.78 is 0. The third-order valence-electron chi connectivity index (χ3n) is 0. The van der Waals surface area contributed by atoms with Crippen molar-refractivity contribution in [3.63, 3.8) is 0 Å². The van der Waals surface area contributed by atoms with Gasteiger partial charge in [-0.2, -0.15) is 28.2 Å². The molecule has 0 aliphatic carbocycles. The van der Waals surface area contributed by atoms with Gasteiger partial charge in [0.25, 0.3) is 0 Å². The van der Waals surface area contributed by atoms with Crippen molar-refractivity contribution in [3.8, 4) is 0 Å². The fourth-order valence-electron chi connectivity index (χ4n) is 0. The molecule has 0 aromatic rings. The Morgan fingerprint density at radius 1 is 0.625 bits per heavy atom. The van der Waals surface area contributed by atoms with E-state index in [0.29, 0.717) is 0 Å². The zero-order valence-electron chi connectivity index (χ0n) is 6.89. The first-order valence-electron chi connectivity index (χ1n) is 1.79. The van der Waals surface area contributed by atoms with Gasteiger partial charge in [-0.1, -0.05) is 0 Å². The molecule has 0 spiro atoms. The Hall–Kier alpha value is 1.11. The normalized spacial score (nSPS) is 4.50. The molecule has 0 heterocycles. The van der Waals surface area contributed by atoms with Crippen LogP contribution in [-0.2, 0) is 0 Å². The Labute approximate surface area is 76.5 Å². The van der Waals surface area contributed by atoms with Crippen LogP contribution < -0.4 is 37.7 Å². The van der Waals surface area contributed by atoms with Crippen LogP contribution in [0.25, 0.3) is 10.6 Å². The van der Waals surface area contributed by atoms with Gasteiger partial charge in [0.05, 0.1) is 0 Å². The van der Waals surface area contributed by atoms with Crippen LogP contribution in [0.3, 0.4) is 0 Å². The second kappa shape index (κ2) is 42.3. The summed E-state index contributed by atoms with van der Waals surface area (Å²) in [6, 6.07) is 0. The minimum atomic E-state index is 0. The Morgan fingerprint density at radius 3 is 0.625 bits per heavy atom. The summed E-state index contributed by atoms with van der Waals surface area (Å²) in [6.45, 7) is 0. The molecular weight excluding hydrogens is 89.9 g/mol. The Bertz CT molecular complexity index is 14.0. The molecule has 0 aromatic carbocycles. The molecule has 4 heteroatoms. The summed E-state index contributed by atoms with van der Waals surface area (Å²) >= 11 is 0. The van der Waals surface area contributed by atoms with Crippen molar-refractivity contribution in [1.82, 2.24) is 0 Å². The molecule has 0 aromatic heterocycles. The van der Waals surface area contributed by atoms with Crippen LogP contribution >= 0.6 is 0 Å². The van der Waals surface area contributed by atoms with Gasteiger partial charge in [-0.3, -0.25) is 0 Å². The summed E-state index contributed by atoms with van der Waals surface area (Å²) in [5.74, 6) is 0. The molecule has 0 saturated carbocycles. The Morgan fingerprint density at radius 2 is 0.625 bits per heavy atom. The first-order chi connectivity index (χ1) is 2.83. The van der Waals surface area contributed by atoms with Gasteiger partial charge in [0, 0.05) is 0 Å². The van der Waals surface area contributed by atoms with Gasteiger partial charge in [-0.25, -0.2) is 0 Å². The molecule has 0 radical (unpaired) electrons. The quantitative estimate of drug-likeness (QED) is 0.275. The van der Waals surface area contributed by atoms with Crippen LogP contribution in [-0.4, -0.2) is 28.2 Å². The molecule has 40 valence electrons. The van der Waals surface area contributed by atoms with Gasteiger partial charge in [-0.05, 0) is 0 Å². The maximum absolute atomic E-state index is 3.50. The van der Waals surface area contributed by atoms with Crippen molar-refractivity contribution in [3.05, 3.63) is 10.6 Å². The van der Waals surface area contributed by atoms with Crippen molar-refractivity contribution in [1.29, 1.82) is 0 Å². The summed E-state index contributed by atoms with van der Waals surface area (Å²) in [4.78, 5) is 0. The molecular formula is C4H12Li2N2. The number of hydrogen-bond donors (Lipinski definition) is 0. The van der Waals surface area contributed by atoms with Crippen LogP contribution in [0.4, 0.5) is 0 Å². The Kier molecular flexibility index (Phi) is 121. The standard InChI is InChI=1S/2C2H6N.2Li/c2*1-3-2;;/h2*1-2H3;;/q2*-1;2*+1. The summed E-state index contributed by atoms with van der Waals surface area (Å²) in [6.07, 6.45) is 0. The predicted molar refractivity (Wildman–Crippen MR) is 30.4 cm³/mol. The van der Waals surface area contributed by atoms with E-state index in [1.54, 1.807) is 28.2 Å². The average molecular weight is 102 g/mol. The van der Waals surface area contributed by atoms with E-state index >= 15 is 0 Å². The van der Waals surface area contributed by atoms with Crippen LogP contribution in [0.1, 0.15) is 0 Å². The summed E-state index contributed by atoms with van der Waals surface area (Å²) in [5.41, 5.74) is 0. The van der Waals surface area contributed by atoms with Gasteiger partial charge in [0.2, 0.25) is 0 Å². The van der Waals surface area contributed by atoms with E-state index in [2.05, 4.69) is 10.6 Å². The fraction of sp³-hybridized carbons (Fsp3) is 1.00. The van der Waals surface area contributed by atoms with E-state index in [9.17, 15) is 0 Å². The average Bonchev–Trinajstić information content (AvgIpc) is 1.39. The molecule has 0 N–H and O–H groups in total. The zero-order valence-corrected chi connectivity index (χ0v) is 6.89. The molecule has 0 amide bonds. The summed E-state index contributed by atoms with van der Waals surface area (Å²) in [7, 11) is 7.00. The van der Waals surface area contributed by atoms with E-state index in [0.717, 1.165) is 0 Å². The van der Waals surface area contributed by atoms with Crippen molar-refractivity contribution in [2.75, 3.05) is 28.2 Å². The molecule has 0 atom stereocenters. The van der Waals surface area contributed by atoms with E-state index in [1.165, 1.54) is 0 Å². The second-order valence-corrected chi connectivity index (χ2v) is 0.894. The molecule has 0 fully saturated rings. The third kappa shape index (κ3) is 214. The SMILES string of the molecule is C[N-]C.C[N-]C.[Li+].[Li+]. The van der Waals surface area contributed by atoms with Crippen LogP contribution in [0, 0.1) is 0 Å². The van der Waals surface area contributed by atoms with E-state index < -0.39 is 0 Å². The van der Waals surface area contributed by atoms with Crippen LogP contribution in [0.15, 0.2) is 0 Å². The van der Waals surface area contributed by atoms with Crippen molar-refractivity contribution in [2.45, 2.75) is 0 Å². The number of rotatable bonds is 0. The molecule has 0 aliphatic rings. The van der Waals surface area contributed by atoms with Gasteiger partial charge >= 0.3 is 37.7 Å². The van der Waals surface area contributed by atoms with Gasteiger partial charge in [-0.15, -0.1) is 0 Å². The van der Waals surface area contributed by atoms with Crippen molar-refractivity contribution >= 4 is 0 Å². The topological polar surface area (TPSA) is 28.2 Å². The largest absolute Gasteiger partial charge is 1.00 e. The van der Waals surface area contributed by atoms with Crippen LogP contribution in [0.2, 0.25) is 0 Å². The smallest absolute Gasteiger partial charge is 0.668 e. The molecule has 0 bridgehead atoms. The Balaban J connectivity index is -0.0000000160. The summed E-state index contributed by atoms with van der Waals surface area (Å²) in [5, 5.41) is 7.00. The van der Waals surface area contributed by atoms with E-state index in [1.807, 2.05) is 0 Å². The first-order valence-corrected chi connectivity index (χ1v) is 1.79. The molecule has 8 heavy (non-hydrogen) atoms. The number of hydrogen-bond acceptors (Lipinski definition) is 0. The van der Waals surface area contributed by atoms with E-state index in [-0.39, 0.29) is 37.7 Å². The van der Waals surface area contributed by atoms with E-state index in [4.69, 9.17) is 0 Å². The third-order valence-corrected chi connectivity index (χ3v) is 0. The maximum atomic E-state index is 3.50.